The van der Waals surface area contributed by atoms with E-state index in [1.54, 1.807) is 7.11 Å². The molecule has 0 aliphatic heterocycles. The molecular weight excluding hydrogens is 230 g/mol. The van der Waals surface area contributed by atoms with Crippen LogP contribution >= 0.6 is 0 Å². The number of ether oxygens (including phenoxy) is 1. The standard InChI is InChI=1S/C12H23N5O/c1-4-6-10-14-11(16-13)9-12(15-10)17(2)7-5-8-18-3/h9H,4-8,13H2,1-3H3,(H,14,15,16). The highest BCUT2D eigenvalue weighted by Crippen LogP contribution is 2.15. The number of nitrogen functional groups attached to an aromatic ring is 1. The number of rotatable bonds is 8. The maximum absolute atomic E-state index is 5.43. The highest BCUT2D eigenvalue weighted by Gasteiger charge is 2.07. The third-order valence-corrected chi connectivity index (χ3v) is 2.61. The predicted octanol–water partition coefficient (Wildman–Crippen LogP) is 1.19. The number of aromatic nitrogens is 2. The molecule has 0 saturated carbocycles. The Morgan fingerprint density at radius 1 is 1.44 bits per heavy atom. The molecule has 1 heterocycles. The summed E-state index contributed by atoms with van der Waals surface area (Å²) in [6.45, 7) is 3.74. The van der Waals surface area contributed by atoms with Crippen LogP contribution in [0.15, 0.2) is 6.07 Å². The van der Waals surface area contributed by atoms with Crippen LogP contribution in [0, 0.1) is 0 Å². The molecule has 0 aliphatic rings. The molecule has 0 atom stereocenters. The number of hydrogen-bond donors (Lipinski definition) is 2. The van der Waals surface area contributed by atoms with Crippen molar-refractivity contribution in [2.45, 2.75) is 26.2 Å². The van der Waals surface area contributed by atoms with Crippen LogP contribution in [-0.2, 0) is 11.2 Å². The average molecular weight is 253 g/mol. The minimum atomic E-state index is 0.655. The van der Waals surface area contributed by atoms with Crippen molar-refractivity contribution in [3.05, 3.63) is 11.9 Å². The van der Waals surface area contributed by atoms with Crippen LogP contribution in [0.5, 0.6) is 0 Å². The first-order chi connectivity index (χ1) is 8.71. The van der Waals surface area contributed by atoms with Gasteiger partial charge in [-0.1, -0.05) is 6.92 Å². The second-order valence-electron chi connectivity index (χ2n) is 4.19. The lowest BCUT2D eigenvalue weighted by molar-refractivity contribution is 0.196. The van der Waals surface area contributed by atoms with Gasteiger partial charge in [-0.3, -0.25) is 0 Å². The zero-order valence-electron chi connectivity index (χ0n) is 11.4. The number of nitrogens with two attached hydrogens (primary N) is 1. The third kappa shape index (κ3) is 4.46. The van der Waals surface area contributed by atoms with Crippen molar-refractivity contribution in [2.75, 3.05) is 37.6 Å². The number of hydrazine groups is 1. The fourth-order valence-electron chi connectivity index (χ4n) is 1.65. The molecule has 0 amide bonds. The Bertz CT molecular complexity index is 358. The molecule has 102 valence electrons. The average Bonchev–Trinajstić information content (AvgIpc) is 2.39. The molecule has 6 heteroatoms. The Hall–Kier alpha value is -1.40. The van der Waals surface area contributed by atoms with Crippen molar-refractivity contribution in [1.29, 1.82) is 0 Å². The summed E-state index contributed by atoms with van der Waals surface area (Å²) in [5.74, 6) is 7.79. The van der Waals surface area contributed by atoms with Gasteiger partial charge >= 0.3 is 0 Å². The van der Waals surface area contributed by atoms with Crippen LogP contribution in [-0.4, -0.2) is 37.3 Å². The summed E-state index contributed by atoms with van der Waals surface area (Å²) in [5.41, 5.74) is 2.59. The van der Waals surface area contributed by atoms with Gasteiger partial charge in [0.1, 0.15) is 17.5 Å². The van der Waals surface area contributed by atoms with Crippen LogP contribution < -0.4 is 16.2 Å². The van der Waals surface area contributed by atoms with Crippen LogP contribution in [0.3, 0.4) is 0 Å². The topological polar surface area (TPSA) is 76.3 Å². The number of nitrogens with zero attached hydrogens (tertiary/aromatic N) is 3. The van der Waals surface area contributed by atoms with Crippen LogP contribution in [0.25, 0.3) is 0 Å². The second-order valence-corrected chi connectivity index (χ2v) is 4.19. The molecule has 1 rings (SSSR count). The van der Waals surface area contributed by atoms with E-state index in [9.17, 15) is 0 Å². The molecule has 0 saturated heterocycles. The first-order valence-electron chi connectivity index (χ1n) is 6.26. The minimum absolute atomic E-state index is 0.655. The zero-order chi connectivity index (χ0) is 13.4. The van der Waals surface area contributed by atoms with E-state index >= 15 is 0 Å². The summed E-state index contributed by atoms with van der Waals surface area (Å²) in [6, 6.07) is 1.85. The largest absolute Gasteiger partial charge is 0.385 e. The highest BCUT2D eigenvalue weighted by molar-refractivity contribution is 5.48. The minimum Gasteiger partial charge on any atom is -0.385 e. The van der Waals surface area contributed by atoms with Crippen molar-refractivity contribution >= 4 is 11.6 Å². The van der Waals surface area contributed by atoms with E-state index in [0.717, 1.165) is 44.1 Å². The van der Waals surface area contributed by atoms with Crippen LogP contribution in [0.2, 0.25) is 0 Å². The van der Waals surface area contributed by atoms with Crippen molar-refractivity contribution in [2.24, 2.45) is 5.84 Å². The van der Waals surface area contributed by atoms with Gasteiger partial charge < -0.3 is 15.1 Å². The predicted molar refractivity (Wildman–Crippen MR) is 73.6 cm³/mol. The molecule has 1 aromatic rings. The molecule has 0 fully saturated rings. The molecule has 3 N–H and O–H groups in total. The summed E-state index contributed by atoms with van der Waals surface area (Å²) in [7, 11) is 3.72. The molecule has 0 aromatic carbocycles. The van der Waals surface area contributed by atoms with Crippen molar-refractivity contribution in [1.82, 2.24) is 9.97 Å². The molecular formula is C12H23N5O. The van der Waals surface area contributed by atoms with Gasteiger partial charge in [-0.2, -0.15) is 0 Å². The number of nitrogens with one attached hydrogen (secondary N) is 1. The summed E-state index contributed by atoms with van der Waals surface area (Å²) < 4.78 is 5.04. The summed E-state index contributed by atoms with van der Waals surface area (Å²) in [5, 5.41) is 0. The number of anilines is 2. The number of aryl methyl sites for hydroxylation is 1. The SMILES string of the molecule is CCCc1nc(NN)cc(N(C)CCCOC)n1. The van der Waals surface area contributed by atoms with Gasteiger partial charge in [-0.05, 0) is 12.8 Å². The molecule has 1 aromatic heterocycles. The van der Waals surface area contributed by atoms with Gasteiger partial charge in [0.05, 0.1) is 0 Å². The van der Waals surface area contributed by atoms with Gasteiger partial charge in [-0.15, -0.1) is 0 Å². The first-order valence-corrected chi connectivity index (χ1v) is 6.26. The summed E-state index contributed by atoms with van der Waals surface area (Å²) in [4.78, 5) is 10.9. The normalized spacial score (nSPS) is 10.4. The monoisotopic (exact) mass is 253 g/mol. The lowest BCUT2D eigenvalue weighted by Crippen LogP contribution is -2.22. The Morgan fingerprint density at radius 3 is 2.83 bits per heavy atom. The maximum Gasteiger partial charge on any atom is 0.145 e. The van der Waals surface area contributed by atoms with E-state index in [4.69, 9.17) is 10.6 Å². The van der Waals surface area contributed by atoms with Gasteiger partial charge in [0, 0.05) is 39.8 Å². The molecule has 0 unspecified atom stereocenters. The smallest absolute Gasteiger partial charge is 0.145 e. The van der Waals surface area contributed by atoms with Crippen molar-refractivity contribution in [3.8, 4) is 0 Å². The Balaban J connectivity index is 2.75. The maximum atomic E-state index is 5.43. The van der Waals surface area contributed by atoms with Gasteiger partial charge in [-0.25, -0.2) is 15.8 Å². The van der Waals surface area contributed by atoms with Crippen LogP contribution in [0.1, 0.15) is 25.6 Å². The Labute approximate surface area is 109 Å². The number of hydrogen-bond acceptors (Lipinski definition) is 6. The van der Waals surface area contributed by atoms with E-state index in [2.05, 4.69) is 27.2 Å². The van der Waals surface area contributed by atoms with E-state index in [-0.39, 0.29) is 0 Å². The first kappa shape index (κ1) is 14.7. The fourth-order valence-corrected chi connectivity index (χ4v) is 1.65. The van der Waals surface area contributed by atoms with E-state index < -0.39 is 0 Å². The molecule has 0 spiro atoms. The van der Waals surface area contributed by atoms with Gasteiger partial charge in [0.25, 0.3) is 0 Å². The number of methoxy groups -OCH3 is 1. The molecule has 6 nitrogen and oxygen atoms in total. The van der Waals surface area contributed by atoms with Crippen molar-refractivity contribution < 1.29 is 4.74 Å². The van der Waals surface area contributed by atoms with E-state index in [1.807, 2.05) is 13.1 Å². The molecule has 0 radical (unpaired) electrons. The highest BCUT2D eigenvalue weighted by atomic mass is 16.5. The molecule has 0 bridgehead atoms. The lowest BCUT2D eigenvalue weighted by atomic mass is 10.3. The Kier molecular flexibility index (Phi) is 6.38. The summed E-state index contributed by atoms with van der Waals surface area (Å²) in [6.07, 6.45) is 2.83. The third-order valence-electron chi connectivity index (χ3n) is 2.61. The summed E-state index contributed by atoms with van der Waals surface area (Å²) >= 11 is 0. The van der Waals surface area contributed by atoms with Crippen LogP contribution in [0.4, 0.5) is 11.6 Å². The lowest BCUT2D eigenvalue weighted by Gasteiger charge is -2.19. The van der Waals surface area contributed by atoms with E-state index in [0.29, 0.717) is 5.82 Å². The quantitative estimate of drug-likeness (QED) is 0.412. The molecule has 18 heavy (non-hydrogen) atoms. The van der Waals surface area contributed by atoms with Crippen molar-refractivity contribution in [3.63, 3.8) is 0 Å². The fraction of sp³-hybridized carbons (Fsp3) is 0.667. The zero-order valence-corrected chi connectivity index (χ0v) is 11.4. The van der Waals surface area contributed by atoms with E-state index in [1.165, 1.54) is 0 Å². The second kappa shape index (κ2) is 7.84. The molecule has 0 aliphatic carbocycles. The Morgan fingerprint density at radius 2 is 2.22 bits per heavy atom. The van der Waals surface area contributed by atoms with Gasteiger partial charge in [0.15, 0.2) is 0 Å². The van der Waals surface area contributed by atoms with Gasteiger partial charge in [0.2, 0.25) is 0 Å².